The Kier molecular flexibility index (Phi) is 4.06. The fourth-order valence-corrected chi connectivity index (χ4v) is 1.97. The van der Waals surface area contributed by atoms with Crippen molar-refractivity contribution >= 4 is 29.2 Å². The fraction of sp³-hybridized carbons (Fsp3) is 0.214. The summed E-state index contributed by atoms with van der Waals surface area (Å²) >= 11 is 6.06. The van der Waals surface area contributed by atoms with E-state index < -0.39 is 5.91 Å². The average molecular weight is 289 g/mol. The standard InChI is InChI=1S/C14H13ClN4O/c1-9(2)17-14(20)10(8-16)7-11-13(15)18-12-5-3-4-6-19(11)12/h3-7,9H,1-2H3,(H,17,20)/b10-7+. The lowest BCUT2D eigenvalue weighted by Gasteiger charge is -2.06. The van der Waals surface area contributed by atoms with Crippen molar-refractivity contribution in [1.29, 1.82) is 5.26 Å². The Balaban J connectivity index is 2.48. The first-order valence-corrected chi connectivity index (χ1v) is 6.46. The smallest absolute Gasteiger partial charge is 0.262 e. The van der Waals surface area contributed by atoms with E-state index in [0.717, 1.165) is 0 Å². The molecule has 0 aliphatic heterocycles. The van der Waals surface area contributed by atoms with E-state index in [2.05, 4.69) is 10.3 Å². The largest absolute Gasteiger partial charge is 0.349 e. The molecule has 2 heterocycles. The van der Waals surface area contributed by atoms with Gasteiger partial charge in [-0.05, 0) is 32.1 Å². The Labute approximate surface area is 121 Å². The van der Waals surface area contributed by atoms with Gasteiger partial charge in [0, 0.05) is 12.2 Å². The summed E-state index contributed by atoms with van der Waals surface area (Å²) in [6, 6.07) is 7.30. The zero-order valence-corrected chi connectivity index (χ0v) is 11.8. The molecule has 0 aromatic carbocycles. The predicted molar refractivity (Wildman–Crippen MR) is 77.1 cm³/mol. The minimum Gasteiger partial charge on any atom is -0.349 e. The maximum absolute atomic E-state index is 11.9. The van der Waals surface area contributed by atoms with Crippen molar-refractivity contribution in [2.75, 3.05) is 0 Å². The monoisotopic (exact) mass is 288 g/mol. The molecule has 2 aromatic heterocycles. The van der Waals surface area contributed by atoms with Crippen molar-refractivity contribution in [3.63, 3.8) is 0 Å². The van der Waals surface area contributed by atoms with E-state index in [1.165, 1.54) is 6.08 Å². The van der Waals surface area contributed by atoms with Crippen molar-refractivity contribution in [2.24, 2.45) is 0 Å². The number of nitriles is 1. The second-order valence-corrected chi connectivity index (χ2v) is 4.87. The van der Waals surface area contributed by atoms with Gasteiger partial charge in [-0.25, -0.2) is 4.98 Å². The highest BCUT2D eigenvalue weighted by molar-refractivity contribution is 6.31. The first kappa shape index (κ1) is 14.1. The minimum atomic E-state index is -0.426. The number of rotatable bonds is 3. The molecule has 20 heavy (non-hydrogen) atoms. The van der Waals surface area contributed by atoms with Gasteiger partial charge in [0.15, 0.2) is 5.15 Å². The Morgan fingerprint density at radius 1 is 1.55 bits per heavy atom. The molecule has 0 saturated carbocycles. The number of fused-ring (bicyclic) bond motifs is 1. The van der Waals surface area contributed by atoms with Gasteiger partial charge < -0.3 is 5.32 Å². The van der Waals surface area contributed by atoms with Crippen LogP contribution in [0.1, 0.15) is 19.5 Å². The maximum Gasteiger partial charge on any atom is 0.262 e. The van der Waals surface area contributed by atoms with Crippen LogP contribution in [0.5, 0.6) is 0 Å². The van der Waals surface area contributed by atoms with Crippen LogP contribution in [0.2, 0.25) is 5.15 Å². The summed E-state index contributed by atoms with van der Waals surface area (Å²) in [6.45, 7) is 3.65. The van der Waals surface area contributed by atoms with Gasteiger partial charge in [0.05, 0.1) is 5.69 Å². The number of pyridine rings is 1. The maximum atomic E-state index is 11.9. The normalized spacial score (nSPS) is 11.7. The summed E-state index contributed by atoms with van der Waals surface area (Å²) in [4.78, 5) is 16.0. The van der Waals surface area contributed by atoms with E-state index >= 15 is 0 Å². The number of amides is 1. The van der Waals surface area contributed by atoms with Gasteiger partial charge in [-0.15, -0.1) is 0 Å². The summed E-state index contributed by atoms with van der Waals surface area (Å²) in [5.41, 5.74) is 1.16. The molecule has 0 unspecified atom stereocenters. The highest BCUT2D eigenvalue weighted by atomic mass is 35.5. The molecule has 0 saturated heterocycles. The van der Waals surface area contributed by atoms with E-state index in [9.17, 15) is 4.79 Å². The van der Waals surface area contributed by atoms with Crippen molar-refractivity contribution in [1.82, 2.24) is 14.7 Å². The summed E-state index contributed by atoms with van der Waals surface area (Å²) in [6.07, 6.45) is 3.22. The van der Waals surface area contributed by atoms with E-state index in [-0.39, 0.29) is 16.8 Å². The molecule has 2 rings (SSSR count). The lowest BCUT2D eigenvalue weighted by Crippen LogP contribution is -2.30. The Morgan fingerprint density at radius 2 is 2.30 bits per heavy atom. The van der Waals surface area contributed by atoms with Crippen molar-refractivity contribution in [3.8, 4) is 6.07 Å². The molecule has 0 atom stereocenters. The van der Waals surface area contributed by atoms with E-state index in [0.29, 0.717) is 11.3 Å². The second-order valence-electron chi connectivity index (χ2n) is 4.51. The number of halogens is 1. The van der Waals surface area contributed by atoms with Gasteiger partial charge in [-0.2, -0.15) is 5.26 Å². The molecule has 1 N–H and O–H groups in total. The van der Waals surface area contributed by atoms with E-state index in [1.54, 1.807) is 16.7 Å². The molecular weight excluding hydrogens is 276 g/mol. The highest BCUT2D eigenvalue weighted by Crippen LogP contribution is 2.20. The zero-order chi connectivity index (χ0) is 14.7. The average Bonchev–Trinajstić information content (AvgIpc) is 2.70. The lowest BCUT2D eigenvalue weighted by molar-refractivity contribution is -0.117. The molecule has 0 spiro atoms. The van der Waals surface area contributed by atoms with Crippen LogP contribution < -0.4 is 5.32 Å². The lowest BCUT2D eigenvalue weighted by atomic mass is 10.2. The molecular formula is C14H13ClN4O. The topological polar surface area (TPSA) is 70.2 Å². The van der Waals surface area contributed by atoms with Gasteiger partial charge in [-0.3, -0.25) is 9.20 Å². The summed E-state index contributed by atoms with van der Waals surface area (Å²) < 4.78 is 1.72. The van der Waals surface area contributed by atoms with E-state index in [4.69, 9.17) is 16.9 Å². The summed E-state index contributed by atoms with van der Waals surface area (Å²) in [7, 11) is 0. The number of hydrogen-bond acceptors (Lipinski definition) is 3. The summed E-state index contributed by atoms with van der Waals surface area (Å²) in [5, 5.41) is 12.0. The predicted octanol–water partition coefficient (Wildman–Crippen LogP) is 2.42. The van der Waals surface area contributed by atoms with Gasteiger partial charge in [-0.1, -0.05) is 17.7 Å². The number of carbonyl (C=O) groups excluding carboxylic acids is 1. The highest BCUT2D eigenvalue weighted by Gasteiger charge is 2.14. The van der Waals surface area contributed by atoms with Crippen molar-refractivity contribution in [3.05, 3.63) is 40.8 Å². The number of aromatic nitrogens is 2. The van der Waals surface area contributed by atoms with Gasteiger partial charge in [0.1, 0.15) is 17.3 Å². The van der Waals surface area contributed by atoms with Crippen molar-refractivity contribution < 1.29 is 4.79 Å². The molecule has 102 valence electrons. The SMILES string of the molecule is CC(C)NC(=O)/C(C#N)=C/c1c(Cl)nc2ccccn12. The third-order valence-electron chi connectivity index (χ3n) is 2.59. The van der Waals surface area contributed by atoms with Gasteiger partial charge in [0.2, 0.25) is 0 Å². The van der Waals surface area contributed by atoms with Crippen LogP contribution in [0.3, 0.4) is 0 Å². The van der Waals surface area contributed by atoms with Crippen LogP contribution in [0.15, 0.2) is 30.0 Å². The second kappa shape index (κ2) is 5.76. The van der Waals surface area contributed by atoms with Crippen LogP contribution >= 0.6 is 11.6 Å². The minimum absolute atomic E-state index is 0.00810. The van der Waals surface area contributed by atoms with E-state index in [1.807, 2.05) is 32.0 Å². The molecule has 6 heteroatoms. The number of hydrogen-bond donors (Lipinski definition) is 1. The number of nitrogens with one attached hydrogen (secondary N) is 1. The van der Waals surface area contributed by atoms with Crippen LogP contribution in [0.25, 0.3) is 11.7 Å². The molecule has 5 nitrogen and oxygen atoms in total. The first-order chi connectivity index (χ1) is 9.52. The van der Waals surface area contributed by atoms with Crippen LogP contribution in [-0.2, 0) is 4.79 Å². The van der Waals surface area contributed by atoms with Gasteiger partial charge >= 0.3 is 0 Å². The molecule has 0 radical (unpaired) electrons. The van der Waals surface area contributed by atoms with Crippen LogP contribution in [0, 0.1) is 11.3 Å². The Hall–Kier alpha value is -2.32. The first-order valence-electron chi connectivity index (χ1n) is 6.08. The van der Waals surface area contributed by atoms with Gasteiger partial charge in [0.25, 0.3) is 5.91 Å². The number of nitrogens with zero attached hydrogens (tertiary/aromatic N) is 3. The summed E-state index contributed by atoms with van der Waals surface area (Å²) in [5.74, 6) is -0.426. The third-order valence-corrected chi connectivity index (χ3v) is 2.87. The molecule has 0 fully saturated rings. The van der Waals surface area contributed by atoms with Crippen molar-refractivity contribution in [2.45, 2.75) is 19.9 Å². The number of imidazole rings is 1. The third kappa shape index (κ3) is 2.81. The number of carbonyl (C=O) groups is 1. The Bertz CT molecular complexity index is 724. The molecule has 0 aliphatic rings. The molecule has 2 aromatic rings. The quantitative estimate of drug-likeness (QED) is 0.696. The molecule has 0 bridgehead atoms. The van der Waals surface area contributed by atoms with Crippen LogP contribution in [0.4, 0.5) is 0 Å². The molecule has 0 aliphatic carbocycles. The Morgan fingerprint density at radius 3 is 2.95 bits per heavy atom. The van der Waals surface area contributed by atoms with Crippen LogP contribution in [-0.4, -0.2) is 21.3 Å². The zero-order valence-electron chi connectivity index (χ0n) is 11.1. The molecule has 1 amide bonds. The fourth-order valence-electron chi connectivity index (χ4n) is 1.74.